The lowest BCUT2D eigenvalue weighted by Gasteiger charge is -2.26. The molecule has 1 aromatic rings. The molecule has 1 nitrogen and oxygen atoms in total. The molecule has 1 heterocycles. The lowest BCUT2D eigenvalue weighted by Crippen LogP contribution is -2.14. The van der Waals surface area contributed by atoms with Crippen LogP contribution >= 0.6 is 11.6 Å². The van der Waals surface area contributed by atoms with Crippen molar-refractivity contribution in [2.24, 2.45) is 5.92 Å². The number of halogens is 1. The van der Waals surface area contributed by atoms with Crippen LogP contribution in [0, 0.1) is 12.8 Å². The van der Waals surface area contributed by atoms with E-state index in [0.29, 0.717) is 11.8 Å². The maximum atomic E-state index is 6.38. The Morgan fingerprint density at radius 2 is 2.24 bits per heavy atom. The lowest BCUT2D eigenvalue weighted by molar-refractivity contribution is 0.477. The molecular weight excluding hydrogens is 230 g/mol. The average Bonchev–Trinajstić information content (AvgIpc) is 2.32. The van der Waals surface area contributed by atoms with Crippen LogP contribution < -0.4 is 0 Å². The van der Waals surface area contributed by atoms with Gasteiger partial charge in [-0.3, -0.25) is 4.98 Å². The molecule has 0 saturated heterocycles. The largest absolute Gasteiger partial charge is 0.260 e. The fraction of sp³-hybridized carbons (Fsp3) is 0.533. The van der Waals surface area contributed by atoms with Crippen molar-refractivity contribution < 1.29 is 0 Å². The van der Waals surface area contributed by atoms with Crippen molar-refractivity contribution in [2.45, 2.75) is 46.0 Å². The van der Waals surface area contributed by atoms with Crippen LogP contribution in [-0.4, -0.2) is 4.98 Å². The van der Waals surface area contributed by atoms with E-state index in [0.717, 1.165) is 24.3 Å². The zero-order chi connectivity index (χ0) is 12.4. The Morgan fingerprint density at radius 3 is 2.94 bits per heavy atom. The molecule has 17 heavy (non-hydrogen) atoms. The summed E-state index contributed by atoms with van der Waals surface area (Å²) in [7, 11) is 0. The van der Waals surface area contributed by atoms with Crippen molar-refractivity contribution in [3.63, 3.8) is 0 Å². The van der Waals surface area contributed by atoms with Crippen LogP contribution in [0.3, 0.4) is 0 Å². The van der Waals surface area contributed by atoms with Crippen LogP contribution in [0.2, 0.25) is 0 Å². The quantitative estimate of drug-likeness (QED) is 0.747. The predicted molar refractivity (Wildman–Crippen MR) is 73.4 cm³/mol. The minimum absolute atomic E-state index is 0.315. The molecule has 0 amide bonds. The Bertz CT molecular complexity index is 437. The second kappa shape index (κ2) is 5.22. The van der Waals surface area contributed by atoms with E-state index in [1.807, 2.05) is 6.20 Å². The van der Waals surface area contributed by atoms with Crippen LogP contribution in [0.25, 0.3) is 0 Å². The number of hydrogen-bond acceptors (Lipinski definition) is 1. The Kier molecular flexibility index (Phi) is 3.88. The van der Waals surface area contributed by atoms with Gasteiger partial charge in [0.05, 0.1) is 5.69 Å². The summed E-state index contributed by atoms with van der Waals surface area (Å²) in [5, 5.41) is 0.982. The third-order valence-electron chi connectivity index (χ3n) is 3.69. The Balaban J connectivity index is 2.43. The smallest absolute Gasteiger partial charge is 0.0521 e. The molecule has 2 rings (SSSR count). The SMILES string of the molecule is CCc1c(C)ccnc1C1CC(C)CC=C1Cl. The lowest BCUT2D eigenvalue weighted by atomic mass is 9.83. The summed E-state index contributed by atoms with van der Waals surface area (Å²) >= 11 is 6.38. The van der Waals surface area contributed by atoms with E-state index in [4.69, 9.17) is 11.6 Å². The van der Waals surface area contributed by atoms with Crippen LogP contribution in [0.1, 0.15) is 49.4 Å². The number of aromatic nitrogens is 1. The zero-order valence-electron chi connectivity index (χ0n) is 10.8. The highest BCUT2D eigenvalue weighted by Crippen LogP contribution is 2.39. The number of rotatable bonds is 2. The highest BCUT2D eigenvalue weighted by atomic mass is 35.5. The molecular formula is C15H20ClN. The third-order valence-corrected chi connectivity index (χ3v) is 4.11. The van der Waals surface area contributed by atoms with Crippen LogP contribution in [-0.2, 0) is 6.42 Å². The van der Waals surface area contributed by atoms with Crippen molar-refractivity contribution >= 4 is 11.6 Å². The van der Waals surface area contributed by atoms with Crippen LogP contribution in [0.5, 0.6) is 0 Å². The van der Waals surface area contributed by atoms with Gasteiger partial charge in [-0.25, -0.2) is 0 Å². The summed E-state index contributed by atoms with van der Waals surface area (Å²) in [6, 6.07) is 2.09. The molecule has 2 unspecified atom stereocenters. The molecule has 0 saturated carbocycles. The summed E-state index contributed by atoms with van der Waals surface area (Å²) in [5.41, 5.74) is 3.90. The predicted octanol–water partition coefficient (Wildman–Crippen LogP) is 4.59. The van der Waals surface area contributed by atoms with E-state index in [1.54, 1.807) is 0 Å². The fourth-order valence-electron chi connectivity index (χ4n) is 2.68. The van der Waals surface area contributed by atoms with Crippen molar-refractivity contribution in [1.29, 1.82) is 0 Å². The van der Waals surface area contributed by atoms with Crippen molar-refractivity contribution in [2.75, 3.05) is 0 Å². The number of hydrogen-bond donors (Lipinski definition) is 0. The Hall–Kier alpha value is -0.820. The number of aryl methyl sites for hydroxylation is 1. The van der Waals surface area contributed by atoms with E-state index in [9.17, 15) is 0 Å². The van der Waals surface area contributed by atoms with Gasteiger partial charge in [-0.05, 0) is 49.3 Å². The summed E-state index contributed by atoms with van der Waals surface area (Å²) in [6.07, 6.45) is 7.34. The first kappa shape index (κ1) is 12.6. The monoisotopic (exact) mass is 249 g/mol. The molecule has 0 bridgehead atoms. The van der Waals surface area contributed by atoms with E-state index in [2.05, 4.69) is 37.9 Å². The first-order valence-corrected chi connectivity index (χ1v) is 6.81. The van der Waals surface area contributed by atoms with Crippen molar-refractivity contribution in [3.05, 3.63) is 40.2 Å². The zero-order valence-corrected chi connectivity index (χ0v) is 11.6. The fourth-order valence-corrected chi connectivity index (χ4v) is 2.96. The number of allylic oxidation sites excluding steroid dienone is 2. The molecule has 0 fully saturated rings. The van der Waals surface area contributed by atoms with Gasteiger partial charge in [0, 0.05) is 17.1 Å². The van der Waals surface area contributed by atoms with Gasteiger partial charge in [0.15, 0.2) is 0 Å². The van der Waals surface area contributed by atoms with E-state index in [1.165, 1.54) is 16.8 Å². The van der Waals surface area contributed by atoms with Gasteiger partial charge in [0.2, 0.25) is 0 Å². The molecule has 0 aliphatic heterocycles. The summed E-state index contributed by atoms with van der Waals surface area (Å²) in [5.74, 6) is 1.02. The number of nitrogens with zero attached hydrogens (tertiary/aromatic N) is 1. The maximum absolute atomic E-state index is 6.38. The highest BCUT2D eigenvalue weighted by molar-refractivity contribution is 6.30. The van der Waals surface area contributed by atoms with Crippen LogP contribution in [0.15, 0.2) is 23.4 Å². The Labute approximate surface area is 109 Å². The first-order valence-electron chi connectivity index (χ1n) is 6.43. The molecule has 0 N–H and O–H groups in total. The first-order chi connectivity index (χ1) is 8.13. The third kappa shape index (κ3) is 2.55. The van der Waals surface area contributed by atoms with Gasteiger partial charge in [-0.1, -0.05) is 31.5 Å². The van der Waals surface area contributed by atoms with Gasteiger partial charge >= 0.3 is 0 Å². The molecule has 2 atom stereocenters. The topological polar surface area (TPSA) is 12.9 Å². The molecule has 0 spiro atoms. The molecule has 1 aromatic heterocycles. The van der Waals surface area contributed by atoms with E-state index >= 15 is 0 Å². The second-order valence-corrected chi connectivity index (χ2v) is 5.50. The molecule has 92 valence electrons. The van der Waals surface area contributed by atoms with E-state index in [-0.39, 0.29) is 0 Å². The molecule has 0 radical (unpaired) electrons. The van der Waals surface area contributed by atoms with Gasteiger partial charge in [0.1, 0.15) is 0 Å². The second-order valence-electron chi connectivity index (χ2n) is 5.06. The van der Waals surface area contributed by atoms with Gasteiger partial charge in [-0.15, -0.1) is 0 Å². The number of pyridine rings is 1. The summed E-state index contributed by atoms with van der Waals surface area (Å²) in [6.45, 7) is 6.64. The van der Waals surface area contributed by atoms with Gasteiger partial charge in [-0.2, -0.15) is 0 Å². The van der Waals surface area contributed by atoms with E-state index < -0.39 is 0 Å². The normalized spacial score (nSPS) is 24.6. The standard InChI is InChI=1S/C15H20ClN/c1-4-12-11(3)7-8-17-15(12)13-9-10(2)5-6-14(13)16/h6-8,10,13H,4-5,9H2,1-3H3. The minimum atomic E-state index is 0.315. The molecule has 2 heteroatoms. The molecule has 0 aromatic carbocycles. The molecule has 1 aliphatic carbocycles. The Morgan fingerprint density at radius 1 is 1.47 bits per heavy atom. The van der Waals surface area contributed by atoms with Crippen molar-refractivity contribution in [1.82, 2.24) is 4.98 Å². The average molecular weight is 250 g/mol. The summed E-state index contributed by atoms with van der Waals surface area (Å²) < 4.78 is 0. The van der Waals surface area contributed by atoms with Gasteiger partial charge < -0.3 is 0 Å². The van der Waals surface area contributed by atoms with Gasteiger partial charge in [0.25, 0.3) is 0 Å². The molecule has 1 aliphatic rings. The highest BCUT2D eigenvalue weighted by Gasteiger charge is 2.25. The maximum Gasteiger partial charge on any atom is 0.0521 e. The van der Waals surface area contributed by atoms with Crippen molar-refractivity contribution in [3.8, 4) is 0 Å². The van der Waals surface area contributed by atoms with Crippen LogP contribution in [0.4, 0.5) is 0 Å². The minimum Gasteiger partial charge on any atom is -0.260 e. The summed E-state index contributed by atoms with van der Waals surface area (Å²) in [4.78, 5) is 4.59.